The van der Waals surface area contributed by atoms with Crippen LogP contribution >= 0.6 is 0 Å². The van der Waals surface area contributed by atoms with Gasteiger partial charge in [-0.05, 0) is 47.2 Å². The van der Waals surface area contributed by atoms with E-state index in [0.717, 1.165) is 18.1 Å². The molecule has 19 heavy (non-hydrogen) atoms. The lowest BCUT2D eigenvalue weighted by Crippen LogP contribution is -1.96. The van der Waals surface area contributed by atoms with Gasteiger partial charge in [0.2, 0.25) is 0 Å². The molecule has 2 aromatic rings. The van der Waals surface area contributed by atoms with Crippen LogP contribution in [0.5, 0.6) is 0 Å². The predicted octanol–water partition coefficient (Wildman–Crippen LogP) is 5.32. The minimum atomic E-state index is -0.415. The van der Waals surface area contributed by atoms with Gasteiger partial charge in [0, 0.05) is 5.56 Å². The van der Waals surface area contributed by atoms with Crippen molar-refractivity contribution in [1.82, 2.24) is 0 Å². The molecule has 2 rings (SSSR count). The van der Waals surface area contributed by atoms with Gasteiger partial charge < -0.3 is 0 Å². The molecule has 100 valence electrons. The molecule has 0 aliphatic carbocycles. The fourth-order valence-corrected chi connectivity index (χ4v) is 2.34. The Hall–Kier alpha value is -1.70. The molecule has 2 aromatic carbocycles. The largest absolute Gasteiger partial charge is 0.207 e. The summed E-state index contributed by atoms with van der Waals surface area (Å²) in [7, 11) is 0. The van der Waals surface area contributed by atoms with E-state index in [4.69, 9.17) is 0 Å². The molecule has 0 N–H and O–H groups in total. The lowest BCUT2D eigenvalue weighted by Gasteiger charge is -2.14. The minimum Gasteiger partial charge on any atom is -0.207 e. The first-order valence-electron chi connectivity index (χ1n) is 6.61. The first-order chi connectivity index (χ1) is 9.02. The van der Waals surface area contributed by atoms with Crippen molar-refractivity contribution < 1.29 is 8.78 Å². The summed E-state index contributed by atoms with van der Waals surface area (Å²) >= 11 is 0. The zero-order valence-corrected chi connectivity index (χ0v) is 11.5. The standard InChI is InChI=1S/C17H18F2/c1-4-12-5-6-13(9-15(12)11(2)3)16-10-14(18)7-8-17(16)19/h5-11H,4H2,1-3H3. The summed E-state index contributed by atoms with van der Waals surface area (Å²) in [5.41, 5.74) is 3.52. The average molecular weight is 260 g/mol. The van der Waals surface area contributed by atoms with E-state index in [0.29, 0.717) is 11.5 Å². The summed E-state index contributed by atoms with van der Waals surface area (Å²) in [6.07, 6.45) is 0.944. The van der Waals surface area contributed by atoms with Crippen molar-refractivity contribution in [2.75, 3.05) is 0 Å². The molecular formula is C17H18F2. The maximum atomic E-state index is 13.8. The lowest BCUT2D eigenvalue weighted by molar-refractivity contribution is 0.603. The van der Waals surface area contributed by atoms with Crippen LogP contribution in [0.2, 0.25) is 0 Å². The second kappa shape index (κ2) is 5.52. The normalized spacial score (nSPS) is 11.1. The summed E-state index contributed by atoms with van der Waals surface area (Å²) < 4.78 is 27.1. The molecule has 0 aliphatic heterocycles. The topological polar surface area (TPSA) is 0 Å². The van der Waals surface area contributed by atoms with E-state index >= 15 is 0 Å². The van der Waals surface area contributed by atoms with Crippen LogP contribution in [0, 0.1) is 11.6 Å². The van der Waals surface area contributed by atoms with Crippen LogP contribution < -0.4 is 0 Å². The van der Waals surface area contributed by atoms with E-state index in [9.17, 15) is 8.78 Å². The molecule has 0 unspecified atom stereocenters. The SMILES string of the molecule is CCc1ccc(-c2cc(F)ccc2F)cc1C(C)C. The molecule has 0 aliphatic rings. The van der Waals surface area contributed by atoms with Gasteiger partial charge in [-0.25, -0.2) is 8.78 Å². The van der Waals surface area contributed by atoms with E-state index < -0.39 is 5.82 Å². The highest BCUT2D eigenvalue weighted by atomic mass is 19.1. The van der Waals surface area contributed by atoms with E-state index in [-0.39, 0.29) is 5.82 Å². The van der Waals surface area contributed by atoms with E-state index in [2.05, 4.69) is 20.8 Å². The third kappa shape index (κ3) is 2.83. The Bertz CT molecular complexity index is 586. The molecule has 2 heteroatoms. The van der Waals surface area contributed by atoms with Gasteiger partial charge in [0.15, 0.2) is 0 Å². The highest BCUT2D eigenvalue weighted by Gasteiger charge is 2.11. The number of halogens is 2. The van der Waals surface area contributed by atoms with Crippen molar-refractivity contribution in [1.29, 1.82) is 0 Å². The number of rotatable bonds is 3. The number of hydrogen-bond acceptors (Lipinski definition) is 0. The second-order valence-electron chi connectivity index (χ2n) is 5.05. The molecule has 0 saturated heterocycles. The lowest BCUT2D eigenvalue weighted by atomic mass is 9.91. The van der Waals surface area contributed by atoms with Crippen molar-refractivity contribution >= 4 is 0 Å². The molecule has 0 bridgehead atoms. The first kappa shape index (κ1) is 13.7. The van der Waals surface area contributed by atoms with Crippen molar-refractivity contribution in [2.24, 2.45) is 0 Å². The van der Waals surface area contributed by atoms with Gasteiger partial charge in [-0.1, -0.05) is 39.0 Å². The highest BCUT2D eigenvalue weighted by Crippen LogP contribution is 2.29. The highest BCUT2D eigenvalue weighted by molar-refractivity contribution is 5.66. The third-order valence-corrected chi connectivity index (χ3v) is 3.39. The van der Waals surface area contributed by atoms with Gasteiger partial charge in [-0.2, -0.15) is 0 Å². The van der Waals surface area contributed by atoms with Crippen LogP contribution in [0.4, 0.5) is 8.78 Å². The molecule has 0 amide bonds. The van der Waals surface area contributed by atoms with Crippen LogP contribution in [0.25, 0.3) is 11.1 Å². The van der Waals surface area contributed by atoms with E-state index in [1.54, 1.807) is 0 Å². The zero-order chi connectivity index (χ0) is 14.0. The summed E-state index contributed by atoms with van der Waals surface area (Å²) in [6, 6.07) is 9.41. The fraction of sp³-hybridized carbons (Fsp3) is 0.294. The van der Waals surface area contributed by atoms with Gasteiger partial charge in [-0.15, -0.1) is 0 Å². The molecular weight excluding hydrogens is 242 g/mol. The van der Waals surface area contributed by atoms with E-state index in [1.165, 1.54) is 23.3 Å². The Morgan fingerprint density at radius 2 is 1.74 bits per heavy atom. The van der Waals surface area contributed by atoms with Crippen molar-refractivity contribution in [2.45, 2.75) is 33.1 Å². The summed E-state index contributed by atoms with van der Waals surface area (Å²) in [4.78, 5) is 0. The van der Waals surface area contributed by atoms with Crippen molar-refractivity contribution in [3.63, 3.8) is 0 Å². The Morgan fingerprint density at radius 3 is 2.37 bits per heavy atom. The number of aryl methyl sites for hydroxylation is 1. The number of hydrogen-bond donors (Lipinski definition) is 0. The van der Waals surface area contributed by atoms with Crippen LogP contribution in [0.15, 0.2) is 36.4 Å². The molecule has 0 fully saturated rings. The van der Waals surface area contributed by atoms with Gasteiger partial charge in [0.25, 0.3) is 0 Å². The van der Waals surface area contributed by atoms with Crippen molar-refractivity contribution in [3.8, 4) is 11.1 Å². The summed E-state index contributed by atoms with van der Waals surface area (Å²) in [5, 5.41) is 0. The van der Waals surface area contributed by atoms with Gasteiger partial charge in [0.1, 0.15) is 11.6 Å². The Kier molecular flexibility index (Phi) is 3.98. The van der Waals surface area contributed by atoms with Crippen LogP contribution in [0.3, 0.4) is 0 Å². The fourth-order valence-electron chi connectivity index (χ4n) is 2.34. The molecule has 0 radical (unpaired) electrons. The Labute approximate surface area is 113 Å². The molecule has 0 atom stereocenters. The van der Waals surface area contributed by atoms with Crippen LogP contribution in [0.1, 0.15) is 37.8 Å². The van der Waals surface area contributed by atoms with Gasteiger partial charge >= 0.3 is 0 Å². The smallest absolute Gasteiger partial charge is 0.131 e. The Morgan fingerprint density at radius 1 is 1.00 bits per heavy atom. The molecule has 0 aromatic heterocycles. The number of benzene rings is 2. The monoisotopic (exact) mass is 260 g/mol. The quantitative estimate of drug-likeness (QED) is 0.700. The maximum absolute atomic E-state index is 13.8. The van der Waals surface area contributed by atoms with Crippen molar-refractivity contribution in [3.05, 3.63) is 59.2 Å². The predicted molar refractivity (Wildman–Crippen MR) is 75.3 cm³/mol. The molecule has 0 saturated carbocycles. The van der Waals surface area contributed by atoms with Crippen LogP contribution in [-0.4, -0.2) is 0 Å². The molecule has 0 nitrogen and oxygen atoms in total. The average Bonchev–Trinajstić information content (AvgIpc) is 2.40. The summed E-state index contributed by atoms with van der Waals surface area (Å²) in [6.45, 7) is 6.32. The molecule has 0 spiro atoms. The third-order valence-electron chi connectivity index (χ3n) is 3.39. The maximum Gasteiger partial charge on any atom is 0.131 e. The second-order valence-corrected chi connectivity index (χ2v) is 5.05. The summed E-state index contributed by atoms with van der Waals surface area (Å²) in [5.74, 6) is -0.436. The van der Waals surface area contributed by atoms with Crippen LogP contribution in [-0.2, 0) is 6.42 Å². The minimum absolute atomic E-state index is 0.324. The first-order valence-corrected chi connectivity index (χ1v) is 6.61. The zero-order valence-electron chi connectivity index (χ0n) is 11.5. The molecule has 0 heterocycles. The Balaban J connectivity index is 2.57. The van der Waals surface area contributed by atoms with Gasteiger partial charge in [-0.3, -0.25) is 0 Å². The van der Waals surface area contributed by atoms with Gasteiger partial charge in [0.05, 0.1) is 0 Å². The van der Waals surface area contributed by atoms with E-state index in [1.807, 2.05) is 18.2 Å².